The molecular weight excluding hydrogens is 496 g/mol. The highest BCUT2D eigenvalue weighted by Crippen LogP contribution is 2.63. The first-order valence-corrected chi connectivity index (χ1v) is 12.1. The second-order valence-electron chi connectivity index (χ2n) is 8.20. The molecule has 1 saturated carbocycles. The molecule has 1 spiro atoms. The van der Waals surface area contributed by atoms with Crippen LogP contribution in [0.1, 0.15) is 37.7 Å². The van der Waals surface area contributed by atoms with E-state index in [1.807, 2.05) is 0 Å². The summed E-state index contributed by atoms with van der Waals surface area (Å²) >= 11 is 19.3. The van der Waals surface area contributed by atoms with E-state index in [9.17, 15) is 21.6 Å². The molecule has 0 saturated heterocycles. The normalized spacial score (nSPS) is 26.0. The standard InChI is InChI=1S/C21H18Cl3F3O3S/c1-30-20(24)11-17(22)14(8-18(20)23)16-10-19(6-7-19)9-15(16)12-2-4-13(5-3-12)31(28,29)21(25,26)27/h2-5,8H,6-7,9-11H2,1H3. The summed E-state index contributed by atoms with van der Waals surface area (Å²) in [6.45, 7) is 0. The highest BCUT2D eigenvalue weighted by molar-refractivity contribution is 7.92. The molecule has 4 rings (SSSR count). The van der Waals surface area contributed by atoms with Crippen LogP contribution in [-0.2, 0) is 14.6 Å². The summed E-state index contributed by atoms with van der Waals surface area (Å²) in [5.41, 5.74) is -1.94. The molecule has 168 valence electrons. The zero-order valence-corrected chi connectivity index (χ0v) is 19.4. The van der Waals surface area contributed by atoms with Crippen molar-refractivity contribution < 1.29 is 26.3 Å². The molecule has 0 aliphatic heterocycles. The van der Waals surface area contributed by atoms with Crippen LogP contribution in [-0.4, -0.2) is 26.1 Å². The number of sulfone groups is 1. The van der Waals surface area contributed by atoms with Crippen LogP contribution >= 0.6 is 34.8 Å². The molecule has 0 bridgehead atoms. The average molecular weight is 514 g/mol. The number of ether oxygens (including phenoxy) is 1. The Kier molecular flexibility index (Phi) is 5.62. The molecule has 0 N–H and O–H groups in total. The van der Waals surface area contributed by atoms with Gasteiger partial charge in [0.05, 0.1) is 9.93 Å². The van der Waals surface area contributed by atoms with Gasteiger partial charge in [0.2, 0.25) is 0 Å². The quantitative estimate of drug-likeness (QED) is 0.411. The Morgan fingerprint density at radius 3 is 2.10 bits per heavy atom. The van der Waals surface area contributed by atoms with Crippen molar-refractivity contribution in [1.29, 1.82) is 0 Å². The fourth-order valence-electron chi connectivity index (χ4n) is 4.17. The second-order valence-corrected chi connectivity index (χ2v) is 11.6. The number of halogens is 6. The maximum Gasteiger partial charge on any atom is 0.501 e. The van der Waals surface area contributed by atoms with Gasteiger partial charge in [-0.1, -0.05) is 46.9 Å². The number of allylic oxidation sites excluding steroid dienone is 4. The first-order chi connectivity index (χ1) is 14.3. The van der Waals surface area contributed by atoms with Crippen molar-refractivity contribution in [2.24, 2.45) is 5.41 Å². The van der Waals surface area contributed by atoms with Crippen LogP contribution in [0.3, 0.4) is 0 Å². The lowest BCUT2D eigenvalue weighted by molar-refractivity contribution is -0.0436. The largest absolute Gasteiger partial charge is 0.501 e. The van der Waals surface area contributed by atoms with Gasteiger partial charge in [-0.25, -0.2) is 8.42 Å². The van der Waals surface area contributed by atoms with Crippen LogP contribution in [0.2, 0.25) is 0 Å². The van der Waals surface area contributed by atoms with E-state index in [1.54, 1.807) is 6.08 Å². The number of methoxy groups -OCH3 is 1. The van der Waals surface area contributed by atoms with Crippen molar-refractivity contribution in [2.45, 2.75) is 47.6 Å². The molecule has 31 heavy (non-hydrogen) atoms. The van der Waals surface area contributed by atoms with E-state index in [0.29, 0.717) is 15.6 Å². The highest BCUT2D eigenvalue weighted by Gasteiger charge is 2.50. The van der Waals surface area contributed by atoms with Crippen molar-refractivity contribution in [3.63, 3.8) is 0 Å². The van der Waals surface area contributed by atoms with Crippen molar-refractivity contribution in [3.05, 3.63) is 57.1 Å². The van der Waals surface area contributed by atoms with Gasteiger partial charge in [-0.15, -0.1) is 0 Å². The molecule has 3 aliphatic rings. The van der Waals surface area contributed by atoms with Crippen molar-refractivity contribution in [2.75, 3.05) is 7.11 Å². The van der Waals surface area contributed by atoms with E-state index in [0.717, 1.165) is 54.5 Å². The van der Waals surface area contributed by atoms with E-state index in [2.05, 4.69) is 0 Å². The Bertz CT molecular complexity index is 1130. The monoisotopic (exact) mass is 512 g/mol. The minimum Gasteiger partial charge on any atom is -0.357 e. The van der Waals surface area contributed by atoms with Crippen LogP contribution in [0.4, 0.5) is 13.2 Å². The summed E-state index contributed by atoms with van der Waals surface area (Å²) < 4.78 is 67.2. The molecule has 0 amide bonds. The van der Waals surface area contributed by atoms with E-state index in [4.69, 9.17) is 39.5 Å². The number of alkyl halides is 4. The lowest BCUT2D eigenvalue weighted by atomic mass is 9.92. The van der Waals surface area contributed by atoms with Gasteiger partial charge in [0.15, 0.2) is 5.06 Å². The lowest BCUT2D eigenvalue weighted by Gasteiger charge is -2.30. The van der Waals surface area contributed by atoms with Gasteiger partial charge in [0.1, 0.15) is 0 Å². The highest BCUT2D eigenvalue weighted by atomic mass is 35.5. The summed E-state index contributed by atoms with van der Waals surface area (Å²) in [7, 11) is -3.96. The Balaban J connectivity index is 1.76. The van der Waals surface area contributed by atoms with Crippen LogP contribution in [0, 0.1) is 5.41 Å². The lowest BCUT2D eigenvalue weighted by Crippen LogP contribution is -2.27. The zero-order chi connectivity index (χ0) is 22.8. The molecule has 1 aromatic carbocycles. The summed E-state index contributed by atoms with van der Waals surface area (Å²) in [5, 5.41) is -0.444. The number of rotatable bonds is 4. The minimum atomic E-state index is -5.40. The summed E-state index contributed by atoms with van der Waals surface area (Å²) in [5.74, 6) is 0. The third kappa shape index (κ3) is 3.97. The van der Waals surface area contributed by atoms with Gasteiger partial charge in [0.25, 0.3) is 9.84 Å². The molecular formula is C21H18Cl3F3O3S. The van der Waals surface area contributed by atoms with Crippen LogP contribution < -0.4 is 0 Å². The van der Waals surface area contributed by atoms with Crippen LogP contribution in [0.15, 0.2) is 56.4 Å². The molecule has 1 atom stereocenters. The van der Waals surface area contributed by atoms with E-state index in [-0.39, 0.29) is 11.8 Å². The molecule has 1 aromatic rings. The third-order valence-corrected chi connectivity index (χ3v) is 9.04. The summed E-state index contributed by atoms with van der Waals surface area (Å²) in [6.07, 6.45) is 5.45. The first kappa shape index (κ1) is 23.2. The van der Waals surface area contributed by atoms with Gasteiger partial charge in [-0.05, 0) is 71.6 Å². The predicted molar refractivity (Wildman–Crippen MR) is 115 cm³/mol. The molecule has 0 heterocycles. The number of hydrogen-bond acceptors (Lipinski definition) is 3. The summed E-state index contributed by atoms with van der Waals surface area (Å²) in [4.78, 5) is -0.782. The minimum absolute atomic E-state index is 0.114. The van der Waals surface area contributed by atoms with Crippen molar-refractivity contribution in [1.82, 2.24) is 0 Å². The van der Waals surface area contributed by atoms with Crippen LogP contribution in [0.5, 0.6) is 0 Å². The summed E-state index contributed by atoms with van der Waals surface area (Å²) in [6, 6.07) is 4.82. The second kappa shape index (κ2) is 7.52. The SMILES string of the molecule is COC1(Cl)CC(Cl)=C(C2=C(c3ccc(S(=O)(=O)C(F)(F)F)cc3)CC3(CC3)C2)C=C1Cl. The molecule has 1 fully saturated rings. The average Bonchev–Trinajstić information content (AvgIpc) is 3.35. The maximum absolute atomic E-state index is 12.8. The fraction of sp³-hybridized carbons (Fsp3) is 0.429. The molecule has 3 nitrogen and oxygen atoms in total. The van der Waals surface area contributed by atoms with E-state index < -0.39 is 25.3 Å². The predicted octanol–water partition coefficient (Wildman–Crippen LogP) is 6.91. The van der Waals surface area contributed by atoms with E-state index >= 15 is 0 Å². The third-order valence-electron chi connectivity index (χ3n) is 6.19. The first-order valence-electron chi connectivity index (χ1n) is 9.46. The smallest absolute Gasteiger partial charge is 0.357 e. The molecule has 1 unspecified atom stereocenters. The Labute approximate surface area is 193 Å². The topological polar surface area (TPSA) is 43.4 Å². The fourth-order valence-corrected chi connectivity index (χ4v) is 5.80. The molecule has 3 aliphatic carbocycles. The van der Waals surface area contributed by atoms with Crippen molar-refractivity contribution in [3.8, 4) is 0 Å². The van der Waals surface area contributed by atoms with Gasteiger partial charge in [-0.3, -0.25) is 0 Å². The van der Waals surface area contributed by atoms with E-state index in [1.165, 1.54) is 19.2 Å². The number of hydrogen-bond donors (Lipinski definition) is 0. The zero-order valence-electron chi connectivity index (χ0n) is 16.3. The number of benzene rings is 1. The van der Waals surface area contributed by atoms with Gasteiger partial charge < -0.3 is 4.74 Å². The Morgan fingerprint density at radius 2 is 1.58 bits per heavy atom. The van der Waals surface area contributed by atoms with Gasteiger partial charge in [-0.2, -0.15) is 13.2 Å². The van der Waals surface area contributed by atoms with Crippen molar-refractivity contribution >= 4 is 50.2 Å². The molecule has 0 aromatic heterocycles. The van der Waals surface area contributed by atoms with Crippen LogP contribution in [0.25, 0.3) is 5.57 Å². The maximum atomic E-state index is 12.8. The molecule has 0 radical (unpaired) electrons. The van der Waals surface area contributed by atoms with Gasteiger partial charge in [0, 0.05) is 18.6 Å². The Morgan fingerprint density at radius 1 is 1.00 bits per heavy atom. The molecule has 10 heteroatoms. The van der Waals surface area contributed by atoms with Gasteiger partial charge >= 0.3 is 5.51 Å². The Hall–Kier alpha value is -0.990.